The fourth-order valence-corrected chi connectivity index (χ4v) is 5.16. The van der Waals surface area contributed by atoms with Crippen LogP contribution in [-0.4, -0.2) is 17.2 Å². The first-order valence-electron chi connectivity index (χ1n) is 9.73. The molecule has 1 amide bonds. The van der Waals surface area contributed by atoms with Gasteiger partial charge in [-0.3, -0.25) is 4.79 Å². The van der Waals surface area contributed by atoms with Gasteiger partial charge in [0.1, 0.15) is 0 Å². The Hall–Kier alpha value is -2.26. The van der Waals surface area contributed by atoms with Crippen LogP contribution in [0.15, 0.2) is 71.6 Å². The quantitative estimate of drug-likeness (QED) is 0.607. The SMILES string of the molecule is Cc1ccc(S[C@@H]2CCCC[C@H]2NC(=O)c2cccc3ccccc23)cc1. The minimum atomic E-state index is 0.0493. The maximum atomic E-state index is 13.0. The first-order valence-corrected chi connectivity index (χ1v) is 10.6. The van der Waals surface area contributed by atoms with Crippen LogP contribution >= 0.6 is 11.8 Å². The third-order valence-electron chi connectivity index (χ3n) is 5.36. The van der Waals surface area contributed by atoms with E-state index in [4.69, 9.17) is 0 Å². The van der Waals surface area contributed by atoms with Crippen LogP contribution in [0.25, 0.3) is 10.8 Å². The first-order chi connectivity index (χ1) is 13.2. The van der Waals surface area contributed by atoms with Crippen molar-refractivity contribution < 1.29 is 4.79 Å². The largest absolute Gasteiger partial charge is 0.348 e. The van der Waals surface area contributed by atoms with E-state index in [1.54, 1.807) is 0 Å². The molecule has 0 spiro atoms. The number of hydrogen-bond donors (Lipinski definition) is 1. The molecule has 0 radical (unpaired) electrons. The van der Waals surface area contributed by atoms with Gasteiger partial charge in [-0.05, 0) is 48.7 Å². The van der Waals surface area contributed by atoms with Gasteiger partial charge >= 0.3 is 0 Å². The highest BCUT2D eigenvalue weighted by Crippen LogP contribution is 2.34. The average molecular weight is 376 g/mol. The molecule has 1 fully saturated rings. The van der Waals surface area contributed by atoms with E-state index >= 15 is 0 Å². The Bertz CT molecular complexity index is 929. The van der Waals surface area contributed by atoms with Crippen molar-refractivity contribution in [2.75, 3.05) is 0 Å². The van der Waals surface area contributed by atoms with E-state index in [0.29, 0.717) is 5.25 Å². The van der Waals surface area contributed by atoms with Gasteiger partial charge in [0.15, 0.2) is 0 Å². The van der Waals surface area contributed by atoms with Crippen LogP contribution in [0.5, 0.6) is 0 Å². The molecule has 0 saturated heterocycles. The number of amides is 1. The van der Waals surface area contributed by atoms with Crippen molar-refractivity contribution in [1.29, 1.82) is 0 Å². The summed E-state index contributed by atoms with van der Waals surface area (Å²) in [6.07, 6.45) is 4.63. The summed E-state index contributed by atoms with van der Waals surface area (Å²) in [7, 11) is 0. The molecule has 2 nitrogen and oxygen atoms in total. The standard InChI is InChI=1S/C24H25NOS/c1-17-13-15-19(16-14-17)27-23-12-5-4-11-22(23)25-24(26)21-10-6-8-18-7-2-3-9-20(18)21/h2-3,6-10,13-16,22-23H,4-5,11-12H2,1H3,(H,25,26)/t22-,23-/m1/s1. The van der Waals surface area contributed by atoms with Gasteiger partial charge in [0.05, 0.1) is 0 Å². The molecule has 1 aliphatic rings. The summed E-state index contributed by atoms with van der Waals surface area (Å²) in [4.78, 5) is 14.3. The highest BCUT2D eigenvalue weighted by Gasteiger charge is 2.28. The molecule has 0 unspecified atom stereocenters. The topological polar surface area (TPSA) is 29.1 Å². The van der Waals surface area contributed by atoms with Crippen LogP contribution in [0.1, 0.15) is 41.6 Å². The number of thioether (sulfide) groups is 1. The van der Waals surface area contributed by atoms with E-state index in [1.807, 2.05) is 42.1 Å². The lowest BCUT2D eigenvalue weighted by atomic mass is 9.94. The molecule has 0 aliphatic heterocycles. The van der Waals surface area contributed by atoms with Crippen LogP contribution in [-0.2, 0) is 0 Å². The van der Waals surface area contributed by atoms with Crippen molar-refractivity contribution in [3.8, 4) is 0 Å². The highest BCUT2D eigenvalue weighted by atomic mass is 32.2. The predicted octanol–water partition coefficient (Wildman–Crippen LogP) is 5.98. The fourth-order valence-electron chi connectivity index (χ4n) is 3.86. The van der Waals surface area contributed by atoms with E-state index in [-0.39, 0.29) is 11.9 Å². The van der Waals surface area contributed by atoms with E-state index in [0.717, 1.165) is 29.2 Å². The van der Waals surface area contributed by atoms with Crippen LogP contribution in [0.2, 0.25) is 0 Å². The van der Waals surface area contributed by atoms with E-state index in [1.165, 1.54) is 23.3 Å². The summed E-state index contributed by atoms with van der Waals surface area (Å²) in [6.45, 7) is 2.11. The molecular weight excluding hydrogens is 350 g/mol. The first kappa shape index (κ1) is 18.1. The minimum absolute atomic E-state index is 0.0493. The third-order valence-corrected chi connectivity index (χ3v) is 6.77. The molecule has 0 heterocycles. The molecule has 1 aliphatic carbocycles. The normalized spacial score (nSPS) is 19.7. The molecule has 138 valence electrons. The molecule has 3 aromatic rings. The number of benzene rings is 3. The fraction of sp³-hybridized carbons (Fsp3) is 0.292. The van der Waals surface area contributed by atoms with Crippen molar-refractivity contribution in [2.45, 2.75) is 48.8 Å². The molecule has 3 heteroatoms. The van der Waals surface area contributed by atoms with Crippen molar-refractivity contribution in [3.63, 3.8) is 0 Å². The van der Waals surface area contributed by atoms with Crippen molar-refractivity contribution >= 4 is 28.4 Å². The number of carbonyl (C=O) groups is 1. The van der Waals surface area contributed by atoms with E-state index in [9.17, 15) is 4.79 Å². The molecule has 27 heavy (non-hydrogen) atoms. The molecule has 0 aromatic heterocycles. The summed E-state index contributed by atoms with van der Waals surface area (Å²) in [5, 5.41) is 5.91. The summed E-state index contributed by atoms with van der Waals surface area (Å²) in [5.74, 6) is 0.0493. The minimum Gasteiger partial charge on any atom is -0.348 e. The van der Waals surface area contributed by atoms with E-state index < -0.39 is 0 Å². The summed E-state index contributed by atoms with van der Waals surface area (Å²) < 4.78 is 0. The number of hydrogen-bond acceptors (Lipinski definition) is 2. The number of carbonyl (C=O) groups excluding carboxylic acids is 1. The lowest BCUT2D eigenvalue weighted by molar-refractivity contribution is 0.0931. The maximum Gasteiger partial charge on any atom is 0.252 e. The Morgan fingerprint density at radius 3 is 2.52 bits per heavy atom. The van der Waals surface area contributed by atoms with Gasteiger partial charge in [0.25, 0.3) is 5.91 Å². The molecular formula is C24H25NOS. The zero-order chi connectivity index (χ0) is 18.6. The van der Waals surface area contributed by atoms with Gasteiger partial charge in [0, 0.05) is 21.8 Å². The van der Waals surface area contributed by atoms with Gasteiger partial charge in [-0.25, -0.2) is 0 Å². The summed E-state index contributed by atoms with van der Waals surface area (Å²) in [6, 6.07) is 23.0. The van der Waals surface area contributed by atoms with Gasteiger partial charge in [-0.1, -0.05) is 66.9 Å². The van der Waals surface area contributed by atoms with Crippen molar-refractivity contribution in [2.24, 2.45) is 0 Å². The third kappa shape index (κ3) is 4.19. The van der Waals surface area contributed by atoms with Gasteiger partial charge in [-0.15, -0.1) is 11.8 Å². The zero-order valence-corrected chi connectivity index (χ0v) is 16.5. The summed E-state index contributed by atoms with van der Waals surface area (Å²) in [5.41, 5.74) is 2.06. The number of aryl methyl sites for hydroxylation is 1. The molecule has 1 saturated carbocycles. The van der Waals surface area contributed by atoms with Crippen LogP contribution in [0.4, 0.5) is 0 Å². The second-order valence-electron chi connectivity index (χ2n) is 7.36. The average Bonchev–Trinajstić information content (AvgIpc) is 2.70. The Kier molecular flexibility index (Phi) is 5.49. The number of fused-ring (bicyclic) bond motifs is 1. The zero-order valence-electron chi connectivity index (χ0n) is 15.7. The predicted molar refractivity (Wildman–Crippen MR) is 114 cm³/mol. The Morgan fingerprint density at radius 1 is 0.926 bits per heavy atom. The van der Waals surface area contributed by atoms with Crippen LogP contribution in [0.3, 0.4) is 0 Å². The Balaban J connectivity index is 1.52. The van der Waals surface area contributed by atoms with Gasteiger partial charge in [0.2, 0.25) is 0 Å². The van der Waals surface area contributed by atoms with Crippen molar-refractivity contribution in [3.05, 3.63) is 77.9 Å². The molecule has 0 bridgehead atoms. The number of nitrogens with one attached hydrogen (secondary N) is 1. The maximum absolute atomic E-state index is 13.0. The van der Waals surface area contributed by atoms with Gasteiger partial charge in [-0.2, -0.15) is 0 Å². The van der Waals surface area contributed by atoms with Crippen LogP contribution in [0, 0.1) is 6.92 Å². The Labute approximate surface area is 165 Å². The molecule has 1 N–H and O–H groups in total. The summed E-state index contributed by atoms with van der Waals surface area (Å²) >= 11 is 1.91. The number of rotatable bonds is 4. The second-order valence-corrected chi connectivity index (χ2v) is 8.67. The molecule has 4 rings (SSSR count). The van der Waals surface area contributed by atoms with Crippen LogP contribution < -0.4 is 5.32 Å². The Morgan fingerprint density at radius 2 is 1.67 bits per heavy atom. The highest BCUT2D eigenvalue weighted by molar-refractivity contribution is 8.00. The monoisotopic (exact) mass is 375 g/mol. The van der Waals surface area contributed by atoms with E-state index in [2.05, 4.69) is 48.6 Å². The lowest BCUT2D eigenvalue weighted by Crippen LogP contribution is -2.43. The van der Waals surface area contributed by atoms with Gasteiger partial charge < -0.3 is 5.32 Å². The lowest BCUT2D eigenvalue weighted by Gasteiger charge is -2.32. The second kappa shape index (κ2) is 8.18. The van der Waals surface area contributed by atoms with Crippen molar-refractivity contribution in [1.82, 2.24) is 5.32 Å². The molecule has 2 atom stereocenters. The smallest absolute Gasteiger partial charge is 0.252 e. The molecule has 3 aromatic carbocycles.